The standard InChI is InChI=1S/C13H16N2O4S/c1-2-9-19-12(16)7-8-14-13-10-5-3-4-6-11(10)20(17,18)15-13/h3-6H,2,7-9H2,1H3,(H,14,15). The smallest absolute Gasteiger partial charge is 0.307 e. The lowest BCUT2D eigenvalue weighted by Crippen LogP contribution is -2.22. The van der Waals surface area contributed by atoms with Crippen LogP contribution in [0.1, 0.15) is 25.3 Å². The molecule has 2 rings (SSSR count). The van der Waals surface area contributed by atoms with Gasteiger partial charge in [-0.2, -0.15) is 0 Å². The summed E-state index contributed by atoms with van der Waals surface area (Å²) in [6.07, 6.45) is 0.904. The van der Waals surface area contributed by atoms with Crippen molar-refractivity contribution < 1.29 is 17.9 Å². The molecule has 108 valence electrons. The molecule has 0 aromatic heterocycles. The molecule has 0 unspecified atom stereocenters. The number of rotatable bonds is 5. The first-order valence-corrected chi connectivity index (χ1v) is 7.85. The second-order valence-electron chi connectivity index (χ2n) is 4.30. The highest BCUT2D eigenvalue weighted by Gasteiger charge is 2.29. The van der Waals surface area contributed by atoms with Crippen LogP contribution in [-0.2, 0) is 19.6 Å². The van der Waals surface area contributed by atoms with Crippen molar-refractivity contribution >= 4 is 21.8 Å². The van der Waals surface area contributed by atoms with Crippen LogP contribution in [0.25, 0.3) is 0 Å². The first-order chi connectivity index (χ1) is 9.54. The Labute approximate surface area is 117 Å². The van der Waals surface area contributed by atoms with Gasteiger partial charge in [0.15, 0.2) is 0 Å². The number of carbonyl (C=O) groups is 1. The summed E-state index contributed by atoms with van der Waals surface area (Å²) in [5.41, 5.74) is 0.537. The number of aliphatic imine (C=N–C) groups is 1. The van der Waals surface area contributed by atoms with Crippen LogP contribution in [0.2, 0.25) is 0 Å². The maximum Gasteiger partial charge on any atom is 0.307 e. The number of nitrogens with one attached hydrogen (secondary N) is 1. The number of amidine groups is 1. The molecule has 0 atom stereocenters. The Kier molecular flexibility index (Phi) is 4.39. The van der Waals surface area contributed by atoms with Crippen LogP contribution in [-0.4, -0.2) is 33.4 Å². The van der Waals surface area contributed by atoms with E-state index in [1.54, 1.807) is 18.2 Å². The lowest BCUT2D eigenvalue weighted by Gasteiger charge is -2.01. The van der Waals surface area contributed by atoms with Gasteiger partial charge in [-0.25, -0.2) is 8.42 Å². The molecule has 6 nitrogen and oxygen atoms in total. The van der Waals surface area contributed by atoms with Crippen LogP contribution in [0.4, 0.5) is 0 Å². The van der Waals surface area contributed by atoms with E-state index in [-0.39, 0.29) is 29.7 Å². The third kappa shape index (κ3) is 3.16. The van der Waals surface area contributed by atoms with Gasteiger partial charge >= 0.3 is 5.97 Å². The van der Waals surface area contributed by atoms with Crippen LogP contribution in [0, 0.1) is 0 Å². The Morgan fingerprint density at radius 3 is 2.85 bits per heavy atom. The van der Waals surface area contributed by atoms with Crippen molar-refractivity contribution in [2.45, 2.75) is 24.7 Å². The highest BCUT2D eigenvalue weighted by molar-refractivity contribution is 7.90. The number of benzene rings is 1. The molecule has 0 saturated carbocycles. The molecule has 0 saturated heterocycles. The number of hydrogen-bond donors (Lipinski definition) is 1. The SMILES string of the molecule is CCCOC(=O)CCN=C1NS(=O)(=O)c2ccccc21. The monoisotopic (exact) mass is 296 g/mol. The molecular weight excluding hydrogens is 280 g/mol. The largest absolute Gasteiger partial charge is 0.466 e. The fourth-order valence-corrected chi connectivity index (χ4v) is 3.05. The van der Waals surface area contributed by atoms with Crippen molar-refractivity contribution in [2.75, 3.05) is 13.2 Å². The van der Waals surface area contributed by atoms with Gasteiger partial charge in [0, 0.05) is 5.56 Å². The van der Waals surface area contributed by atoms with Gasteiger partial charge in [-0.1, -0.05) is 19.1 Å². The molecule has 0 radical (unpaired) electrons. The molecule has 1 aliphatic rings. The third-order valence-electron chi connectivity index (χ3n) is 2.72. The van der Waals surface area contributed by atoms with Crippen molar-refractivity contribution in [1.82, 2.24) is 4.72 Å². The van der Waals surface area contributed by atoms with Gasteiger partial charge in [0.25, 0.3) is 10.0 Å². The fourth-order valence-electron chi connectivity index (χ4n) is 1.80. The van der Waals surface area contributed by atoms with Crippen molar-refractivity contribution in [3.63, 3.8) is 0 Å². The first-order valence-electron chi connectivity index (χ1n) is 6.37. The van der Waals surface area contributed by atoms with Crippen LogP contribution < -0.4 is 4.72 Å². The molecule has 20 heavy (non-hydrogen) atoms. The summed E-state index contributed by atoms with van der Waals surface area (Å²) >= 11 is 0. The highest BCUT2D eigenvalue weighted by atomic mass is 32.2. The van der Waals surface area contributed by atoms with Crippen molar-refractivity contribution in [2.24, 2.45) is 4.99 Å². The molecule has 1 N–H and O–H groups in total. The Balaban J connectivity index is 2.04. The number of carbonyl (C=O) groups excluding carboxylic acids is 1. The zero-order chi connectivity index (χ0) is 14.6. The molecule has 0 fully saturated rings. The summed E-state index contributed by atoms with van der Waals surface area (Å²) < 4.78 is 30.9. The minimum atomic E-state index is -3.52. The summed E-state index contributed by atoms with van der Waals surface area (Å²) in [5.74, 6) is -0.0470. The molecule has 0 bridgehead atoms. The highest BCUT2D eigenvalue weighted by Crippen LogP contribution is 2.22. The summed E-state index contributed by atoms with van der Waals surface area (Å²) in [4.78, 5) is 15.7. The Morgan fingerprint density at radius 1 is 1.35 bits per heavy atom. The predicted molar refractivity (Wildman–Crippen MR) is 74.0 cm³/mol. The number of fused-ring (bicyclic) bond motifs is 1. The Bertz CT molecular complexity index is 638. The average molecular weight is 296 g/mol. The number of esters is 1. The quantitative estimate of drug-likeness (QED) is 0.824. The molecule has 0 spiro atoms. The number of hydrogen-bond acceptors (Lipinski definition) is 5. The summed E-state index contributed by atoms with van der Waals surface area (Å²) in [6.45, 7) is 2.50. The first kappa shape index (κ1) is 14.5. The van der Waals surface area contributed by atoms with E-state index in [9.17, 15) is 13.2 Å². The minimum Gasteiger partial charge on any atom is -0.466 e. The molecule has 1 heterocycles. The van der Waals surface area contributed by atoms with Crippen molar-refractivity contribution in [3.8, 4) is 0 Å². The summed E-state index contributed by atoms with van der Waals surface area (Å²) in [6, 6.07) is 6.60. The number of nitrogens with zero attached hydrogens (tertiary/aromatic N) is 1. The van der Waals surface area contributed by atoms with Gasteiger partial charge in [-0.05, 0) is 18.6 Å². The zero-order valence-electron chi connectivity index (χ0n) is 11.1. The predicted octanol–water partition coefficient (Wildman–Crippen LogP) is 1.07. The van der Waals surface area contributed by atoms with E-state index >= 15 is 0 Å². The summed E-state index contributed by atoms with van der Waals surface area (Å²) in [7, 11) is -3.52. The van der Waals surface area contributed by atoms with E-state index in [4.69, 9.17) is 4.74 Å². The van der Waals surface area contributed by atoms with Gasteiger partial charge in [0.05, 0.1) is 24.5 Å². The van der Waals surface area contributed by atoms with Crippen LogP contribution in [0.3, 0.4) is 0 Å². The minimum absolute atomic E-state index is 0.132. The topological polar surface area (TPSA) is 84.8 Å². The Morgan fingerprint density at radius 2 is 2.10 bits per heavy atom. The van der Waals surface area contributed by atoms with E-state index in [0.717, 1.165) is 6.42 Å². The van der Waals surface area contributed by atoms with E-state index in [1.165, 1.54) is 6.07 Å². The molecule has 0 amide bonds. The fraction of sp³-hybridized carbons (Fsp3) is 0.385. The van der Waals surface area contributed by atoms with E-state index < -0.39 is 10.0 Å². The van der Waals surface area contributed by atoms with E-state index in [2.05, 4.69) is 9.71 Å². The Hall–Kier alpha value is -1.89. The number of sulfonamides is 1. The normalized spacial score (nSPS) is 17.6. The van der Waals surface area contributed by atoms with Gasteiger partial charge < -0.3 is 4.74 Å². The zero-order valence-corrected chi connectivity index (χ0v) is 11.9. The lowest BCUT2D eigenvalue weighted by atomic mass is 10.2. The van der Waals surface area contributed by atoms with Crippen LogP contribution in [0.15, 0.2) is 34.2 Å². The second-order valence-corrected chi connectivity index (χ2v) is 5.95. The van der Waals surface area contributed by atoms with E-state index in [0.29, 0.717) is 12.2 Å². The van der Waals surface area contributed by atoms with E-state index in [1.807, 2.05) is 6.92 Å². The van der Waals surface area contributed by atoms with Gasteiger partial charge in [-0.3, -0.25) is 14.5 Å². The van der Waals surface area contributed by atoms with Crippen LogP contribution >= 0.6 is 0 Å². The third-order valence-corrected chi connectivity index (χ3v) is 4.11. The molecule has 7 heteroatoms. The molecule has 1 aliphatic heterocycles. The maximum absolute atomic E-state index is 11.8. The van der Waals surface area contributed by atoms with Gasteiger partial charge in [0.2, 0.25) is 0 Å². The molecule has 0 aliphatic carbocycles. The molecule has 1 aromatic rings. The van der Waals surface area contributed by atoms with Gasteiger partial charge in [0.1, 0.15) is 5.84 Å². The lowest BCUT2D eigenvalue weighted by molar-refractivity contribution is -0.143. The van der Waals surface area contributed by atoms with Crippen molar-refractivity contribution in [3.05, 3.63) is 29.8 Å². The summed E-state index contributed by atoms with van der Waals surface area (Å²) in [5, 5.41) is 0. The second kappa shape index (κ2) is 6.04. The molecule has 1 aromatic carbocycles. The average Bonchev–Trinajstić information content (AvgIpc) is 2.69. The maximum atomic E-state index is 11.8. The molecular formula is C13H16N2O4S. The van der Waals surface area contributed by atoms with Crippen LogP contribution in [0.5, 0.6) is 0 Å². The number of ether oxygens (including phenoxy) is 1. The van der Waals surface area contributed by atoms with Gasteiger partial charge in [-0.15, -0.1) is 0 Å². The van der Waals surface area contributed by atoms with Crippen molar-refractivity contribution in [1.29, 1.82) is 0 Å².